The van der Waals surface area contributed by atoms with Gasteiger partial charge in [-0.15, -0.1) is 0 Å². The lowest BCUT2D eigenvalue weighted by molar-refractivity contribution is -0.150. The molecule has 18 heavy (non-hydrogen) atoms. The Morgan fingerprint density at radius 3 is 2.22 bits per heavy atom. The molecule has 0 spiro atoms. The molecule has 0 aromatic heterocycles. The van der Waals surface area contributed by atoms with Crippen LogP contribution in [0, 0.1) is 5.92 Å². The molecular formula is C12H26N2O4. The SMILES string of the molecule is CCCC(CCC)C(O)C(O)NCC(=O)ONC. The molecule has 6 nitrogen and oxygen atoms in total. The smallest absolute Gasteiger partial charge is 0.338 e. The zero-order chi connectivity index (χ0) is 14.0. The monoisotopic (exact) mass is 262 g/mol. The van der Waals surface area contributed by atoms with Crippen molar-refractivity contribution in [3.8, 4) is 0 Å². The molecule has 4 N–H and O–H groups in total. The summed E-state index contributed by atoms with van der Waals surface area (Å²) in [5, 5.41) is 22.3. The third kappa shape index (κ3) is 6.90. The second kappa shape index (κ2) is 10.3. The van der Waals surface area contributed by atoms with Crippen molar-refractivity contribution in [3.05, 3.63) is 0 Å². The topological polar surface area (TPSA) is 90.8 Å². The number of aliphatic hydroxyl groups is 2. The van der Waals surface area contributed by atoms with Crippen LogP contribution in [0.4, 0.5) is 0 Å². The first-order valence-corrected chi connectivity index (χ1v) is 6.52. The van der Waals surface area contributed by atoms with E-state index in [1.807, 2.05) is 13.8 Å². The second-order valence-corrected chi connectivity index (χ2v) is 4.33. The summed E-state index contributed by atoms with van der Waals surface area (Å²) < 4.78 is 0. The van der Waals surface area contributed by atoms with Crippen molar-refractivity contribution < 1.29 is 19.8 Å². The van der Waals surface area contributed by atoms with Gasteiger partial charge in [0.05, 0.1) is 12.6 Å². The Kier molecular flexibility index (Phi) is 9.86. The normalized spacial score (nSPS) is 14.6. The summed E-state index contributed by atoms with van der Waals surface area (Å²) >= 11 is 0. The average Bonchev–Trinajstić information content (AvgIpc) is 2.35. The van der Waals surface area contributed by atoms with Crippen LogP contribution in [0.25, 0.3) is 0 Å². The Hall–Kier alpha value is -0.690. The molecule has 108 valence electrons. The van der Waals surface area contributed by atoms with Crippen LogP contribution in [0.2, 0.25) is 0 Å². The number of hydroxylamine groups is 1. The number of hydrogen-bond donors (Lipinski definition) is 4. The Morgan fingerprint density at radius 2 is 1.78 bits per heavy atom. The van der Waals surface area contributed by atoms with Gasteiger partial charge in [-0.25, -0.2) is 4.79 Å². The third-order valence-corrected chi connectivity index (χ3v) is 2.80. The van der Waals surface area contributed by atoms with Gasteiger partial charge < -0.3 is 15.1 Å². The van der Waals surface area contributed by atoms with Crippen LogP contribution >= 0.6 is 0 Å². The van der Waals surface area contributed by atoms with E-state index >= 15 is 0 Å². The first kappa shape index (κ1) is 17.3. The highest BCUT2D eigenvalue weighted by molar-refractivity contribution is 5.71. The van der Waals surface area contributed by atoms with Gasteiger partial charge in [0.15, 0.2) is 0 Å². The fourth-order valence-corrected chi connectivity index (χ4v) is 1.94. The fraction of sp³-hybridized carbons (Fsp3) is 0.917. The molecule has 0 aromatic rings. The maximum absolute atomic E-state index is 11.1. The van der Waals surface area contributed by atoms with Crippen LogP contribution in [-0.4, -0.2) is 42.1 Å². The lowest BCUT2D eigenvalue weighted by Gasteiger charge is -2.26. The van der Waals surface area contributed by atoms with Crippen LogP contribution < -0.4 is 10.8 Å². The zero-order valence-electron chi connectivity index (χ0n) is 11.5. The van der Waals surface area contributed by atoms with Gasteiger partial charge in [0, 0.05) is 7.05 Å². The van der Waals surface area contributed by atoms with Gasteiger partial charge in [0.25, 0.3) is 0 Å². The van der Waals surface area contributed by atoms with Crippen LogP contribution in [0.1, 0.15) is 39.5 Å². The van der Waals surface area contributed by atoms with Gasteiger partial charge >= 0.3 is 5.97 Å². The Balaban J connectivity index is 4.11. The first-order valence-electron chi connectivity index (χ1n) is 6.52. The van der Waals surface area contributed by atoms with Crippen molar-refractivity contribution in [3.63, 3.8) is 0 Å². The molecule has 0 saturated heterocycles. The summed E-state index contributed by atoms with van der Waals surface area (Å²) in [6, 6.07) is 0. The van der Waals surface area contributed by atoms with Gasteiger partial charge in [-0.2, -0.15) is 5.48 Å². The molecule has 0 aliphatic heterocycles. The molecule has 0 rings (SSSR count). The van der Waals surface area contributed by atoms with E-state index in [9.17, 15) is 15.0 Å². The van der Waals surface area contributed by atoms with Crippen molar-refractivity contribution in [1.82, 2.24) is 10.8 Å². The molecule has 0 fully saturated rings. The summed E-state index contributed by atoms with van der Waals surface area (Å²) in [5.74, 6) is -0.492. The molecule has 0 radical (unpaired) electrons. The van der Waals surface area contributed by atoms with Gasteiger partial charge in [-0.1, -0.05) is 26.7 Å². The van der Waals surface area contributed by atoms with Crippen molar-refractivity contribution in [2.45, 2.75) is 51.9 Å². The molecule has 0 aliphatic carbocycles. The van der Waals surface area contributed by atoms with E-state index in [2.05, 4.69) is 15.6 Å². The first-order chi connectivity index (χ1) is 8.56. The van der Waals surface area contributed by atoms with Crippen LogP contribution in [0.15, 0.2) is 0 Å². The predicted octanol–water partition coefficient (Wildman–Crippen LogP) is 0.149. The van der Waals surface area contributed by atoms with E-state index in [0.717, 1.165) is 25.7 Å². The number of carbonyl (C=O) groups excluding carboxylic acids is 1. The van der Waals surface area contributed by atoms with E-state index in [1.165, 1.54) is 7.05 Å². The highest BCUT2D eigenvalue weighted by atomic mass is 16.7. The van der Waals surface area contributed by atoms with E-state index in [1.54, 1.807) is 0 Å². The minimum atomic E-state index is -1.11. The fourth-order valence-electron chi connectivity index (χ4n) is 1.94. The Bertz CT molecular complexity index is 220. The Labute approximate surface area is 109 Å². The van der Waals surface area contributed by atoms with Crippen LogP contribution in [-0.2, 0) is 9.63 Å². The quantitative estimate of drug-likeness (QED) is 0.331. The minimum absolute atomic E-state index is 0.0443. The van der Waals surface area contributed by atoms with E-state index in [0.29, 0.717) is 0 Å². The molecule has 0 bridgehead atoms. The lowest BCUT2D eigenvalue weighted by atomic mass is 9.91. The third-order valence-electron chi connectivity index (χ3n) is 2.80. The maximum Gasteiger partial charge on any atom is 0.338 e. The summed E-state index contributed by atoms with van der Waals surface area (Å²) in [6.07, 6.45) is 1.64. The predicted molar refractivity (Wildman–Crippen MR) is 68.5 cm³/mol. The molecule has 0 saturated carbocycles. The molecule has 6 heteroatoms. The minimum Gasteiger partial charge on any atom is -0.389 e. The molecular weight excluding hydrogens is 236 g/mol. The highest BCUT2D eigenvalue weighted by Crippen LogP contribution is 2.19. The summed E-state index contributed by atoms with van der Waals surface area (Å²) in [7, 11) is 1.47. The van der Waals surface area contributed by atoms with Gasteiger partial charge in [-0.3, -0.25) is 5.32 Å². The lowest BCUT2D eigenvalue weighted by Crippen LogP contribution is -2.46. The van der Waals surface area contributed by atoms with Crippen LogP contribution in [0.3, 0.4) is 0 Å². The number of hydrogen-bond acceptors (Lipinski definition) is 6. The number of aliphatic hydroxyl groups excluding tert-OH is 2. The largest absolute Gasteiger partial charge is 0.389 e. The standard InChI is InChI=1S/C12H26N2O4/c1-4-6-9(7-5-2)11(16)12(17)14-8-10(15)18-13-3/h9,11-14,16-17H,4-8H2,1-3H3. The van der Waals surface area contributed by atoms with Gasteiger partial charge in [0.1, 0.15) is 6.23 Å². The maximum atomic E-state index is 11.1. The average molecular weight is 262 g/mol. The second-order valence-electron chi connectivity index (χ2n) is 4.33. The number of nitrogens with one attached hydrogen (secondary N) is 2. The molecule has 0 amide bonds. The van der Waals surface area contributed by atoms with Gasteiger partial charge in [0.2, 0.25) is 0 Å². The van der Waals surface area contributed by atoms with E-state index < -0.39 is 18.3 Å². The van der Waals surface area contributed by atoms with E-state index in [-0.39, 0.29) is 12.5 Å². The van der Waals surface area contributed by atoms with Crippen molar-refractivity contribution in [2.24, 2.45) is 5.92 Å². The molecule has 2 unspecified atom stereocenters. The zero-order valence-corrected chi connectivity index (χ0v) is 11.5. The molecule has 0 aliphatic rings. The molecule has 2 atom stereocenters. The summed E-state index contributed by atoms with van der Waals surface area (Å²) in [4.78, 5) is 15.5. The van der Waals surface area contributed by atoms with Crippen molar-refractivity contribution in [2.75, 3.05) is 13.6 Å². The molecule has 0 aromatic carbocycles. The van der Waals surface area contributed by atoms with Gasteiger partial charge in [-0.05, 0) is 18.8 Å². The summed E-state index contributed by atoms with van der Waals surface area (Å²) in [6.45, 7) is 3.93. The van der Waals surface area contributed by atoms with Crippen molar-refractivity contribution >= 4 is 5.97 Å². The summed E-state index contributed by atoms with van der Waals surface area (Å²) in [5.41, 5.74) is 2.25. The van der Waals surface area contributed by atoms with Crippen LogP contribution in [0.5, 0.6) is 0 Å². The van der Waals surface area contributed by atoms with E-state index in [4.69, 9.17) is 0 Å². The number of rotatable bonds is 10. The highest BCUT2D eigenvalue weighted by Gasteiger charge is 2.25. The van der Waals surface area contributed by atoms with Crippen molar-refractivity contribution in [1.29, 1.82) is 0 Å². The molecule has 0 heterocycles. The number of carbonyl (C=O) groups is 1. The Morgan fingerprint density at radius 1 is 1.22 bits per heavy atom.